The molecule has 1 fully saturated rings. The molecule has 1 rings (SSSR count). The molecule has 2 atom stereocenters. The van der Waals surface area contributed by atoms with E-state index in [0.29, 0.717) is 6.92 Å². The molecule has 38 heavy (non-hydrogen) atoms. The van der Waals surface area contributed by atoms with Crippen LogP contribution in [0.15, 0.2) is 0 Å². The van der Waals surface area contributed by atoms with E-state index in [9.17, 15) is 70.2 Å². The summed E-state index contributed by atoms with van der Waals surface area (Å²) in [6.07, 6.45) is -14.5. The summed E-state index contributed by atoms with van der Waals surface area (Å²) in [6, 6.07) is -1.51. The predicted molar refractivity (Wildman–Crippen MR) is 98.2 cm³/mol. The fraction of sp³-hybridized carbons (Fsp3) is 1.00. The molecule has 1 heterocycles. The molecule has 230 valence electrons. The van der Waals surface area contributed by atoms with Crippen LogP contribution in [0.3, 0.4) is 0 Å². The lowest BCUT2D eigenvalue weighted by atomic mass is 9.78. The number of hydrogen-bond acceptors (Lipinski definition) is 2. The number of rotatable bonds is 10. The third-order valence-electron chi connectivity index (χ3n) is 5.84. The molecule has 1 aliphatic rings. The number of nitrogens with zero attached hydrogens (tertiary/aromatic N) is 1. The van der Waals surface area contributed by atoms with Gasteiger partial charge in [0.25, 0.3) is 0 Å². The van der Waals surface area contributed by atoms with Crippen molar-refractivity contribution in [2.75, 3.05) is 6.54 Å². The first-order valence-electron chi connectivity index (χ1n) is 10.1. The van der Waals surface area contributed by atoms with Crippen LogP contribution in [0.5, 0.6) is 0 Å². The Balaban J connectivity index is 0.00000318. The zero-order valence-electron chi connectivity index (χ0n) is 19.1. The Morgan fingerprint density at radius 3 is 1.50 bits per heavy atom. The highest BCUT2D eigenvalue weighted by Gasteiger charge is 2.78. The van der Waals surface area contributed by atoms with E-state index in [4.69, 9.17) is 14.4 Å². The van der Waals surface area contributed by atoms with Crippen molar-refractivity contribution in [2.45, 2.75) is 99.5 Å². The van der Waals surface area contributed by atoms with Gasteiger partial charge in [-0.3, -0.25) is 9.46 Å². The molecule has 21 heteroatoms. The van der Waals surface area contributed by atoms with Gasteiger partial charge in [-0.2, -0.15) is 52.7 Å². The molecule has 0 spiro atoms. The van der Waals surface area contributed by atoms with Gasteiger partial charge < -0.3 is 9.79 Å². The first-order chi connectivity index (χ1) is 16.5. The summed E-state index contributed by atoms with van der Waals surface area (Å²) in [5.74, 6) is -38.7. The number of alkyl halides is 16. The number of hydrogen-bond donors (Lipinski definition) is 2. The van der Waals surface area contributed by atoms with Crippen LogP contribution in [0.1, 0.15) is 39.5 Å². The van der Waals surface area contributed by atoms with Gasteiger partial charge in [-0.25, -0.2) is 17.6 Å². The van der Waals surface area contributed by atoms with Crippen molar-refractivity contribution in [3.8, 4) is 0 Å². The van der Waals surface area contributed by atoms with E-state index < -0.39 is 87.6 Å². The van der Waals surface area contributed by atoms with Crippen molar-refractivity contribution in [2.24, 2.45) is 0 Å². The van der Waals surface area contributed by atoms with E-state index in [2.05, 4.69) is 0 Å². The highest BCUT2D eigenvalue weighted by molar-refractivity contribution is 7.30. The number of halogens is 16. The molecule has 0 aromatic rings. The molecule has 0 aliphatic carbocycles. The number of likely N-dealkylation sites (tertiary alicyclic amines) is 1. The molecule has 0 saturated carbocycles. The number of piperidine rings is 1. The van der Waals surface area contributed by atoms with E-state index >= 15 is 0 Å². The van der Waals surface area contributed by atoms with Gasteiger partial charge in [0.15, 0.2) is 0 Å². The minimum Gasteiger partial charge on any atom is -0.326 e. The molecule has 0 amide bonds. The maximum absolute atomic E-state index is 14.2. The van der Waals surface area contributed by atoms with Crippen molar-refractivity contribution in [1.29, 1.82) is 0 Å². The maximum Gasteiger partial charge on any atom is 0.379 e. The lowest BCUT2D eigenvalue weighted by Crippen LogP contribution is -2.67. The van der Waals surface area contributed by atoms with Crippen LogP contribution in [0, 0.1) is 0 Å². The second-order valence-electron chi connectivity index (χ2n) is 8.73. The summed E-state index contributed by atoms with van der Waals surface area (Å²) in [7, 11) is -3.13. The molecule has 0 radical (unpaired) electrons. The SMILES string of the molecule is CC1CCCC(C)(CC(F)(F)C(F)(F)C(F)(F)C(F)F)N1CC(F)(F)C(F)(F)C(F)(F)C(F)F.O=[PH](O)O. The molecule has 0 bridgehead atoms. The van der Waals surface area contributed by atoms with E-state index in [-0.39, 0.29) is 17.7 Å². The average molecular weight is 623 g/mol. The Bertz CT molecular complexity index is 808. The van der Waals surface area contributed by atoms with Crippen molar-refractivity contribution in [3.05, 3.63) is 0 Å². The van der Waals surface area contributed by atoms with E-state index in [1.165, 1.54) is 0 Å². The Hall–Kier alpha value is -1.01. The fourth-order valence-electron chi connectivity index (χ4n) is 3.81. The molecule has 1 aliphatic heterocycles. The second kappa shape index (κ2) is 11.8. The molecule has 2 unspecified atom stereocenters. The van der Waals surface area contributed by atoms with E-state index in [0.717, 1.165) is 6.92 Å². The summed E-state index contributed by atoms with van der Waals surface area (Å²) in [6.45, 7) is -1.29. The Morgan fingerprint density at radius 2 is 1.16 bits per heavy atom. The summed E-state index contributed by atoms with van der Waals surface area (Å²) in [5.41, 5.74) is -2.82. The smallest absolute Gasteiger partial charge is 0.326 e. The summed E-state index contributed by atoms with van der Waals surface area (Å²) in [5, 5.41) is 0. The zero-order chi connectivity index (χ0) is 30.9. The molecule has 1 saturated heterocycles. The molecular weight excluding hydrogens is 601 g/mol. The molecule has 0 aromatic heterocycles. The quantitative estimate of drug-likeness (QED) is 0.210. The highest BCUT2D eigenvalue weighted by atomic mass is 31.1. The topological polar surface area (TPSA) is 60.8 Å². The largest absolute Gasteiger partial charge is 0.379 e. The van der Waals surface area contributed by atoms with E-state index in [1.54, 1.807) is 0 Å². The average Bonchev–Trinajstić information content (AvgIpc) is 2.69. The highest BCUT2D eigenvalue weighted by Crippen LogP contribution is 2.54. The zero-order valence-corrected chi connectivity index (χ0v) is 20.1. The minimum atomic E-state index is -6.75. The Kier molecular flexibility index (Phi) is 11.5. The van der Waals surface area contributed by atoms with Crippen LogP contribution in [0.2, 0.25) is 0 Å². The van der Waals surface area contributed by atoms with Crippen molar-refractivity contribution < 1.29 is 84.6 Å². The van der Waals surface area contributed by atoms with Gasteiger partial charge in [-0.15, -0.1) is 0 Å². The first-order valence-corrected chi connectivity index (χ1v) is 11.4. The van der Waals surface area contributed by atoms with Gasteiger partial charge >= 0.3 is 56.6 Å². The minimum absolute atomic E-state index is 0.0868. The molecular formula is C17H22F16NO3P. The van der Waals surface area contributed by atoms with E-state index in [1.807, 2.05) is 0 Å². The van der Waals surface area contributed by atoms with Crippen LogP contribution in [0.25, 0.3) is 0 Å². The fourth-order valence-corrected chi connectivity index (χ4v) is 3.81. The van der Waals surface area contributed by atoms with Gasteiger partial charge in [-0.1, -0.05) is 6.42 Å². The van der Waals surface area contributed by atoms with Crippen LogP contribution in [-0.4, -0.2) is 81.2 Å². The maximum atomic E-state index is 14.2. The van der Waals surface area contributed by atoms with Gasteiger partial charge in [0, 0.05) is 18.0 Å². The van der Waals surface area contributed by atoms with Gasteiger partial charge in [-0.05, 0) is 26.7 Å². The summed E-state index contributed by atoms with van der Waals surface area (Å²) in [4.78, 5) is 14.2. The molecule has 4 nitrogen and oxygen atoms in total. The van der Waals surface area contributed by atoms with Gasteiger partial charge in [0.05, 0.1) is 6.54 Å². The van der Waals surface area contributed by atoms with Crippen molar-refractivity contribution >= 4 is 8.25 Å². The second-order valence-corrected chi connectivity index (χ2v) is 9.30. The van der Waals surface area contributed by atoms with Crippen LogP contribution in [0.4, 0.5) is 70.2 Å². The third kappa shape index (κ3) is 7.19. The van der Waals surface area contributed by atoms with Crippen molar-refractivity contribution in [1.82, 2.24) is 4.90 Å². The predicted octanol–water partition coefficient (Wildman–Crippen LogP) is 6.71. The Labute approximate surface area is 204 Å². The standard InChI is InChI=1S/C17H19F16N.H3O3P/c1-8-4-3-5-11(2,6-12(22,23)16(30,31)14(26,27)9(18)19)34(8)7-13(24,25)17(32,33)15(28,29)10(20)21;1-4(2)3/h8-10H,3-7H2,1-2H3;4H,(H2,1,2,3). The third-order valence-corrected chi connectivity index (χ3v) is 5.84. The van der Waals surface area contributed by atoms with Crippen LogP contribution >= 0.6 is 8.25 Å². The monoisotopic (exact) mass is 623 g/mol. The van der Waals surface area contributed by atoms with Gasteiger partial charge in [0.2, 0.25) is 0 Å². The lowest BCUT2D eigenvalue weighted by molar-refractivity contribution is -0.351. The van der Waals surface area contributed by atoms with Crippen molar-refractivity contribution in [3.63, 3.8) is 0 Å². The normalized spacial score (nSPS) is 23.2. The lowest BCUT2D eigenvalue weighted by Gasteiger charge is -2.52. The summed E-state index contributed by atoms with van der Waals surface area (Å²) >= 11 is 0. The molecule has 0 aromatic carbocycles. The van der Waals surface area contributed by atoms with Crippen LogP contribution in [-0.2, 0) is 4.57 Å². The summed E-state index contributed by atoms with van der Waals surface area (Å²) < 4.78 is 222. The van der Waals surface area contributed by atoms with Crippen LogP contribution < -0.4 is 0 Å². The molecule has 2 N–H and O–H groups in total. The van der Waals surface area contributed by atoms with Gasteiger partial charge in [0.1, 0.15) is 0 Å². The Morgan fingerprint density at radius 1 is 0.816 bits per heavy atom. The first kappa shape index (κ1) is 37.0.